The van der Waals surface area contributed by atoms with Crippen molar-refractivity contribution in [3.63, 3.8) is 0 Å². The first-order chi connectivity index (χ1) is 21.0. The van der Waals surface area contributed by atoms with E-state index in [0.717, 1.165) is 23.9 Å². The van der Waals surface area contributed by atoms with Crippen LogP contribution in [0.15, 0.2) is 60.7 Å². The van der Waals surface area contributed by atoms with Gasteiger partial charge in [-0.05, 0) is 53.6 Å². The van der Waals surface area contributed by atoms with Crippen molar-refractivity contribution in [2.45, 2.75) is 31.2 Å². The number of carbonyl (C=O) groups excluding carboxylic acids is 1. The minimum Gasteiger partial charge on any atom is -0.488 e. The molecular weight excluding hydrogens is 657 g/mol. The molecule has 45 heavy (non-hydrogen) atoms. The highest BCUT2D eigenvalue weighted by molar-refractivity contribution is 6.31. The maximum atomic E-state index is 13.9. The van der Waals surface area contributed by atoms with Crippen LogP contribution < -0.4 is 9.47 Å². The number of aryl methyl sites for hydroxylation is 1. The van der Waals surface area contributed by atoms with E-state index >= 15 is 0 Å². The van der Waals surface area contributed by atoms with Crippen molar-refractivity contribution < 1.29 is 55.9 Å². The minimum absolute atomic E-state index is 0.188. The number of halogens is 8. The van der Waals surface area contributed by atoms with Crippen LogP contribution in [0, 0.1) is 0 Å². The summed E-state index contributed by atoms with van der Waals surface area (Å²) in [6.45, 7) is -1.27. The number of alkyl halides is 6. The molecule has 0 fully saturated rings. The number of ether oxygens (including phenoxy) is 2. The summed E-state index contributed by atoms with van der Waals surface area (Å²) in [6, 6.07) is 12.0. The van der Waals surface area contributed by atoms with Crippen LogP contribution in [-0.4, -0.2) is 49.9 Å². The Morgan fingerprint density at radius 3 is 2.20 bits per heavy atom. The van der Waals surface area contributed by atoms with E-state index in [1.807, 2.05) is 0 Å². The molecule has 4 aromatic rings. The lowest BCUT2D eigenvalue weighted by atomic mass is 9.96. The van der Waals surface area contributed by atoms with Gasteiger partial charge in [-0.25, -0.2) is 4.79 Å². The quantitative estimate of drug-likeness (QED) is 0.108. The van der Waals surface area contributed by atoms with Crippen molar-refractivity contribution in [2.75, 3.05) is 6.61 Å². The largest absolute Gasteiger partial charge is 0.488 e. The summed E-state index contributed by atoms with van der Waals surface area (Å²) in [7, 11) is 1.15. The second kappa shape index (κ2) is 13.3. The SMILES string of the molecule is Cn1nc(C(F)(F)F)cc1-c1ccc(OCc2ccc(Cl)cc2)c(-c2ccc(Cl)c(C(F)(F)F)c2)c1OC(=O)C(O)C(O)CO. The predicted octanol–water partition coefficient (Wildman–Crippen LogP) is 6.30. The molecular formula is C29H22Cl2F6N2O6. The van der Waals surface area contributed by atoms with Gasteiger partial charge in [0.05, 0.1) is 28.5 Å². The third-order valence-corrected chi connectivity index (χ3v) is 7.01. The van der Waals surface area contributed by atoms with Crippen molar-refractivity contribution in [1.29, 1.82) is 0 Å². The zero-order valence-electron chi connectivity index (χ0n) is 22.8. The first-order valence-electron chi connectivity index (χ1n) is 12.7. The fraction of sp³-hybridized carbons (Fsp3) is 0.241. The van der Waals surface area contributed by atoms with Crippen LogP contribution in [0.2, 0.25) is 10.0 Å². The Bertz CT molecular complexity index is 1690. The van der Waals surface area contributed by atoms with Gasteiger partial charge in [0, 0.05) is 17.6 Å². The maximum absolute atomic E-state index is 13.9. The van der Waals surface area contributed by atoms with Crippen LogP contribution in [0.5, 0.6) is 11.5 Å². The molecule has 0 saturated heterocycles. The molecule has 0 spiro atoms. The highest BCUT2D eigenvalue weighted by atomic mass is 35.5. The summed E-state index contributed by atoms with van der Waals surface area (Å²) in [5.74, 6) is -2.43. The highest BCUT2D eigenvalue weighted by Gasteiger charge is 2.37. The van der Waals surface area contributed by atoms with Gasteiger partial charge in [0.15, 0.2) is 17.5 Å². The number of rotatable bonds is 9. The van der Waals surface area contributed by atoms with E-state index in [2.05, 4.69) is 5.10 Å². The number of aliphatic hydroxyl groups excluding tert-OH is 3. The van der Waals surface area contributed by atoms with Gasteiger partial charge in [-0.15, -0.1) is 0 Å². The second-order valence-electron chi connectivity index (χ2n) is 9.57. The van der Waals surface area contributed by atoms with Crippen molar-refractivity contribution in [2.24, 2.45) is 7.05 Å². The number of aromatic nitrogens is 2. The molecule has 0 aliphatic carbocycles. The summed E-state index contributed by atoms with van der Waals surface area (Å²) >= 11 is 11.7. The average Bonchev–Trinajstić information content (AvgIpc) is 3.37. The van der Waals surface area contributed by atoms with E-state index < -0.39 is 59.2 Å². The van der Waals surface area contributed by atoms with Crippen LogP contribution in [0.4, 0.5) is 26.3 Å². The molecule has 0 amide bonds. The van der Waals surface area contributed by atoms with E-state index in [1.165, 1.54) is 12.1 Å². The summed E-state index contributed by atoms with van der Waals surface area (Å²) in [5, 5.41) is 32.4. The van der Waals surface area contributed by atoms with Gasteiger partial charge in [-0.1, -0.05) is 41.4 Å². The Morgan fingerprint density at radius 2 is 1.62 bits per heavy atom. The van der Waals surface area contributed by atoms with Crippen LogP contribution in [0.1, 0.15) is 16.8 Å². The smallest absolute Gasteiger partial charge is 0.435 e. The Kier molecular flexibility index (Phi) is 10.0. The standard InChI is InChI=1S/C29H22Cl2F6N2O6/c1-39-20(11-23(38-39)29(35,36)37)17-7-9-22(44-13-14-2-5-16(30)6-3-14)24(26(17)45-27(43)25(42)21(41)12-40)15-4-8-19(31)18(10-15)28(32,33)34/h2-11,21,25,40-42H,12-13H2,1H3. The van der Waals surface area contributed by atoms with Gasteiger partial charge < -0.3 is 24.8 Å². The van der Waals surface area contributed by atoms with Gasteiger partial charge in [0.2, 0.25) is 0 Å². The lowest BCUT2D eigenvalue weighted by Gasteiger charge is -2.22. The topological polar surface area (TPSA) is 114 Å². The first-order valence-corrected chi connectivity index (χ1v) is 13.5. The molecule has 0 aliphatic heterocycles. The normalized spacial score (nSPS) is 13.4. The maximum Gasteiger partial charge on any atom is 0.435 e. The molecule has 4 rings (SSSR count). The number of aliphatic hydroxyl groups is 3. The third-order valence-electron chi connectivity index (χ3n) is 6.43. The zero-order chi connectivity index (χ0) is 33.3. The van der Waals surface area contributed by atoms with Crippen LogP contribution in [-0.2, 0) is 30.8 Å². The van der Waals surface area contributed by atoms with Gasteiger partial charge in [-0.2, -0.15) is 31.4 Å². The van der Waals surface area contributed by atoms with Gasteiger partial charge in [-0.3, -0.25) is 4.68 Å². The Morgan fingerprint density at radius 1 is 0.956 bits per heavy atom. The molecule has 0 aliphatic rings. The predicted molar refractivity (Wildman–Crippen MR) is 150 cm³/mol. The summed E-state index contributed by atoms with van der Waals surface area (Å²) in [6.07, 6.45) is -14.2. The molecule has 3 N–H and O–H groups in total. The molecule has 1 heterocycles. The summed E-state index contributed by atoms with van der Waals surface area (Å²) < 4.78 is 94.4. The van der Waals surface area contributed by atoms with Gasteiger partial charge in [0.25, 0.3) is 0 Å². The summed E-state index contributed by atoms with van der Waals surface area (Å²) in [4.78, 5) is 12.9. The average molecular weight is 679 g/mol. The fourth-order valence-electron chi connectivity index (χ4n) is 4.18. The number of nitrogens with zero attached hydrogens (tertiary/aromatic N) is 2. The number of esters is 1. The number of hydrogen-bond donors (Lipinski definition) is 3. The highest BCUT2D eigenvalue weighted by Crippen LogP contribution is 2.48. The van der Waals surface area contributed by atoms with E-state index in [0.29, 0.717) is 22.7 Å². The lowest BCUT2D eigenvalue weighted by Crippen LogP contribution is -2.39. The lowest BCUT2D eigenvalue weighted by molar-refractivity contribution is -0.151. The molecule has 8 nitrogen and oxygen atoms in total. The zero-order valence-corrected chi connectivity index (χ0v) is 24.3. The Hall–Kier alpha value is -3.82. The molecule has 0 saturated carbocycles. The first kappa shape index (κ1) is 34.1. The van der Waals surface area contributed by atoms with Crippen molar-refractivity contribution >= 4 is 29.2 Å². The third kappa shape index (κ3) is 7.71. The number of carbonyl (C=O) groups is 1. The van der Waals surface area contributed by atoms with Crippen LogP contribution >= 0.6 is 23.2 Å². The fourth-order valence-corrected chi connectivity index (χ4v) is 4.53. The van der Waals surface area contributed by atoms with Crippen molar-refractivity contribution in [1.82, 2.24) is 9.78 Å². The molecule has 0 radical (unpaired) electrons. The van der Waals surface area contributed by atoms with Crippen LogP contribution in [0.25, 0.3) is 22.4 Å². The molecule has 240 valence electrons. The van der Waals surface area contributed by atoms with E-state index in [9.17, 15) is 46.5 Å². The molecule has 3 aromatic carbocycles. The minimum atomic E-state index is -4.95. The van der Waals surface area contributed by atoms with Crippen LogP contribution in [0.3, 0.4) is 0 Å². The summed E-state index contributed by atoms with van der Waals surface area (Å²) in [5.41, 5.74) is -3.28. The van der Waals surface area contributed by atoms with Crippen molar-refractivity contribution in [3.05, 3.63) is 87.5 Å². The van der Waals surface area contributed by atoms with E-state index in [1.54, 1.807) is 24.3 Å². The molecule has 2 unspecified atom stereocenters. The monoisotopic (exact) mass is 678 g/mol. The second-order valence-corrected chi connectivity index (χ2v) is 10.4. The molecule has 0 bridgehead atoms. The Labute approximate surface area is 261 Å². The number of hydrogen-bond acceptors (Lipinski definition) is 7. The van der Waals surface area contributed by atoms with Gasteiger partial charge in [0.1, 0.15) is 18.5 Å². The molecule has 2 atom stereocenters. The van der Waals surface area contributed by atoms with E-state index in [-0.39, 0.29) is 34.7 Å². The molecule has 1 aromatic heterocycles. The Balaban J connectivity index is 2.01. The van der Waals surface area contributed by atoms with E-state index in [4.69, 9.17) is 32.7 Å². The number of benzene rings is 3. The molecule has 16 heteroatoms. The van der Waals surface area contributed by atoms with Crippen molar-refractivity contribution in [3.8, 4) is 33.9 Å². The van der Waals surface area contributed by atoms with Gasteiger partial charge >= 0.3 is 18.3 Å².